The molecule has 0 bridgehead atoms. The number of ether oxygens (including phenoxy) is 1. The van der Waals surface area contributed by atoms with Gasteiger partial charge in [0, 0.05) is 6.42 Å². The molecule has 0 radical (unpaired) electrons. The smallest absolute Gasteiger partial charge is 0.116 e. The molecule has 2 aromatic rings. The molecule has 0 aromatic heterocycles. The van der Waals surface area contributed by atoms with Gasteiger partial charge in [0.15, 0.2) is 0 Å². The summed E-state index contributed by atoms with van der Waals surface area (Å²) < 4.78 is 5.67. The van der Waals surface area contributed by atoms with Crippen molar-refractivity contribution in [2.24, 2.45) is 0 Å². The van der Waals surface area contributed by atoms with Gasteiger partial charge in [-0.2, -0.15) is 0 Å². The molecule has 1 heterocycles. The van der Waals surface area contributed by atoms with Crippen molar-refractivity contribution in [2.75, 3.05) is 6.61 Å². The van der Waals surface area contributed by atoms with Gasteiger partial charge in [-0.25, -0.2) is 0 Å². The van der Waals surface area contributed by atoms with Gasteiger partial charge in [0.1, 0.15) is 18.0 Å². The molecule has 112 valence electrons. The first-order valence-electron chi connectivity index (χ1n) is 6.93. The molecule has 2 aromatic carbocycles. The SMILES string of the molecule is OCC1CC(O)C(O)C(c2ccc3cc(O)ccc3c2)O1. The summed E-state index contributed by atoms with van der Waals surface area (Å²) in [6.45, 7) is -0.193. The maximum Gasteiger partial charge on any atom is 0.116 e. The zero-order valence-corrected chi connectivity index (χ0v) is 11.4. The van der Waals surface area contributed by atoms with Crippen LogP contribution >= 0.6 is 0 Å². The van der Waals surface area contributed by atoms with Gasteiger partial charge in [-0.15, -0.1) is 0 Å². The molecule has 0 spiro atoms. The van der Waals surface area contributed by atoms with Gasteiger partial charge in [0.05, 0.1) is 18.8 Å². The molecule has 5 nitrogen and oxygen atoms in total. The van der Waals surface area contributed by atoms with Crippen LogP contribution in [-0.2, 0) is 4.74 Å². The normalized spacial score (nSPS) is 29.7. The van der Waals surface area contributed by atoms with Gasteiger partial charge < -0.3 is 25.2 Å². The summed E-state index contributed by atoms with van der Waals surface area (Å²) in [5.74, 6) is 0.194. The second kappa shape index (κ2) is 5.61. The fraction of sp³-hybridized carbons (Fsp3) is 0.375. The summed E-state index contributed by atoms with van der Waals surface area (Å²) in [4.78, 5) is 0. The Morgan fingerprint density at radius 3 is 2.52 bits per heavy atom. The predicted octanol–water partition coefficient (Wildman–Crippen LogP) is 1.09. The molecule has 21 heavy (non-hydrogen) atoms. The number of aliphatic hydroxyl groups is 3. The van der Waals surface area contributed by atoms with E-state index in [4.69, 9.17) is 4.74 Å². The number of hydrogen-bond acceptors (Lipinski definition) is 5. The van der Waals surface area contributed by atoms with E-state index in [1.807, 2.05) is 12.1 Å². The van der Waals surface area contributed by atoms with E-state index < -0.39 is 24.4 Å². The molecule has 1 fully saturated rings. The van der Waals surface area contributed by atoms with Crippen LogP contribution in [0.2, 0.25) is 0 Å². The number of hydrogen-bond donors (Lipinski definition) is 4. The van der Waals surface area contributed by atoms with Crippen LogP contribution in [0.15, 0.2) is 36.4 Å². The van der Waals surface area contributed by atoms with E-state index >= 15 is 0 Å². The molecule has 1 saturated heterocycles. The van der Waals surface area contributed by atoms with Crippen LogP contribution in [0.25, 0.3) is 10.8 Å². The highest BCUT2D eigenvalue weighted by atomic mass is 16.5. The van der Waals surface area contributed by atoms with E-state index in [1.54, 1.807) is 24.3 Å². The molecule has 1 aliphatic heterocycles. The van der Waals surface area contributed by atoms with Crippen molar-refractivity contribution >= 4 is 10.8 Å². The third kappa shape index (κ3) is 2.73. The summed E-state index contributed by atoms with van der Waals surface area (Å²) in [7, 11) is 0. The molecule has 4 unspecified atom stereocenters. The predicted molar refractivity (Wildman–Crippen MR) is 76.9 cm³/mol. The summed E-state index contributed by atoms with van der Waals surface area (Å²) >= 11 is 0. The Labute approximate surface area is 122 Å². The maximum atomic E-state index is 10.1. The average Bonchev–Trinajstić information content (AvgIpc) is 2.49. The van der Waals surface area contributed by atoms with Crippen molar-refractivity contribution in [3.8, 4) is 5.75 Å². The molecular weight excluding hydrogens is 272 g/mol. The van der Waals surface area contributed by atoms with Gasteiger partial charge in [-0.05, 0) is 34.5 Å². The average molecular weight is 290 g/mol. The summed E-state index contributed by atoms with van der Waals surface area (Å²) in [6.07, 6.45) is -2.89. The van der Waals surface area contributed by atoms with Crippen LogP contribution in [0.3, 0.4) is 0 Å². The van der Waals surface area contributed by atoms with Crippen molar-refractivity contribution in [1.29, 1.82) is 0 Å². The molecule has 0 amide bonds. The highest BCUT2D eigenvalue weighted by molar-refractivity contribution is 5.84. The molecule has 5 heteroatoms. The van der Waals surface area contributed by atoms with Crippen molar-refractivity contribution in [3.05, 3.63) is 42.0 Å². The Morgan fingerprint density at radius 2 is 1.76 bits per heavy atom. The molecule has 4 atom stereocenters. The minimum Gasteiger partial charge on any atom is -0.508 e. The molecule has 0 saturated carbocycles. The molecule has 0 aliphatic carbocycles. The standard InChI is InChI=1S/C16H18O5/c17-8-13-7-14(19)15(20)16(21-13)11-2-1-10-6-12(18)4-3-9(10)5-11/h1-6,13-20H,7-8H2. The third-order valence-corrected chi connectivity index (χ3v) is 3.93. The molecule has 4 N–H and O–H groups in total. The fourth-order valence-electron chi connectivity index (χ4n) is 2.78. The second-order valence-electron chi connectivity index (χ2n) is 5.45. The Hall–Kier alpha value is -1.66. The van der Waals surface area contributed by atoms with E-state index in [0.717, 1.165) is 16.3 Å². The van der Waals surface area contributed by atoms with Gasteiger partial charge >= 0.3 is 0 Å². The Kier molecular flexibility index (Phi) is 3.82. The highest BCUT2D eigenvalue weighted by Gasteiger charge is 2.37. The summed E-state index contributed by atoms with van der Waals surface area (Å²) in [5.41, 5.74) is 0.734. The lowest BCUT2D eigenvalue weighted by molar-refractivity contribution is -0.179. The number of fused-ring (bicyclic) bond motifs is 1. The lowest BCUT2D eigenvalue weighted by atomic mass is 9.92. The quantitative estimate of drug-likeness (QED) is 0.665. The van der Waals surface area contributed by atoms with Gasteiger partial charge in [-0.1, -0.05) is 18.2 Å². The zero-order valence-electron chi connectivity index (χ0n) is 11.4. The van der Waals surface area contributed by atoms with E-state index in [9.17, 15) is 20.4 Å². The number of aliphatic hydroxyl groups excluding tert-OH is 3. The van der Waals surface area contributed by atoms with Crippen molar-refractivity contribution in [1.82, 2.24) is 0 Å². The summed E-state index contributed by atoms with van der Waals surface area (Å²) in [6, 6.07) is 10.5. The van der Waals surface area contributed by atoms with Crippen LogP contribution in [-0.4, -0.2) is 45.3 Å². The van der Waals surface area contributed by atoms with Crippen LogP contribution in [0, 0.1) is 0 Å². The van der Waals surface area contributed by atoms with E-state index in [1.165, 1.54) is 0 Å². The lowest BCUT2D eigenvalue weighted by Gasteiger charge is -2.36. The van der Waals surface area contributed by atoms with E-state index in [-0.39, 0.29) is 18.8 Å². The topological polar surface area (TPSA) is 90.2 Å². The fourth-order valence-corrected chi connectivity index (χ4v) is 2.78. The van der Waals surface area contributed by atoms with Crippen LogP contribution < -0.4 is 0 Å². The Morgan fingerprint density at radius 1 is 1.05 bits per heavy atom. The maximum absolute atomic E-state index is 10.1. The minimum absolute atomic E-state index is 0.193. The lowest BCUT2D eigenvalue weighted by Crippen LogP contribution is -2.44. The first-order valence-corrected chi connectivity index (χ1v) is 6.93. The Bertz CT molecular complexity index is 642. The van der Waals surface area contributed by atoms with Crippen molar-refractivity contribution in [3.63, 3.8) is 0 Å². The first-order chi connectivity index (χ1) is 10.1. The van der Waals surface area contributed by atoms with Gasteiger partial charge in [-0.3, -0.25) is 0 Å². The summed E-state index contributed by atoms with van der Waals surface area (Å²) in [5, 5.41) is 40.5. The largest absolute Gasteiger partial charge is 0.508 e. The number of benzene rings is 2. The molecular formula is C16H18O5. The van der Waals surface area contributed by atoms with Gasteiger partial charge in [0.25, 0.3) is 0 Å². The van der Waals surface area contributed by atoms with E-state index in [2.05, 4.69) is 0 Å². The minimum atomic E-state index is -1.03. The zero-order chi connectivity index (χ0) is 15.0. The number of phenolic OH excluding ortho intramolecular Hbond substituents is 1. The van der Waals surface area contributed by atoms with Crippen molar-refractivity contribution in [2.45, 2.75) is 30.8 Å². The first kappa shape index (κ1) is 14.3. The monoisotopic (exact) mass is 290 g/mol. The van der Waals surface area contributed by atoms with Crippen LogP contribution in [0.5, 0.6) is 5.75 Å². The molecule has 1 aliphatic rings. The number of rotatable bonds is 2. The third-order valence-electron chi connectivity index (χ3n) is 3.93. The van der Waals surface area contributed by atoms with Crippen LogP contribution in [0.1, 0.15) is 18.1 Å². The van der Waals surface area contributed by atoms with E-state index in [0.29, 0.717) is 0 Å². The van der Waals surface area contributed by atoms with Gasteiger partial charge in [0.2, 0.25) is 0 Å². The van der Waals surface area contributed by atoms with Crippen LogP contribution in [0.4, 0.5) is 0 Å². The Balaban J connectivity index is 1.96. The number of aromatic hydroxyl groups is 1. The second-order valence-corrected chi connectivity index (χ2v) is 5.45. The molecule has 3 rings (SSSR count). The van der Waals surface area contributed by atoms with Crippen molar-refractivity contribution < 1.29 is 25.2 Å². The highest BCUT2D eigenvalue weighted by Crippen LogP contribution is 2.33. The number of phenols is 1.